The first-order valence-corrected chi connectivity index (χ1v) is 7.77. The van der Waals surface area contributed by atoms with Gasteiger partial charge in [0.05, 0.1) is 6.10 Å². The smallest absolute Gasteiger partial charge is 0.251 e. The third-order valence-corrected chi connectivity index (χ3v) is 3.71. The van der Waals surface area contributed by atoms with E-state index < -0.39 is 6.10 Å². The highest BCUT2D eigenvalue weighted by atomic mass is 35.5. The fourth-order valence-corrected chi connectivity index (χ4v) is 2.39. The van der Waals surface area contributed by atoms with Crippen molar-refractivity contribution in [2.75, 3.05) is 19.6 Å². The second-order valence-electron chi connectivity index (χ2n) is 5.47. The van der Waals surface area contributed by atoms with E-state index in [1.807, 2.05) is 0 Å². The van der Waals surface area contributed by atoms with Crippen LogP contribution in [0.3, 0.4) is 0 Å². The molecule has 0 saturated carbocycles. The van der Waals surface area contributed by atoms with Crippen LogP contribution in [0.15, 0.2) is 24.3 Å². The van der Waals surface area contributed by atoms with Crippen LogP contribution >= 0.6 is 12.4 Å². The van der Waals surface area contributed by atoms with Gasteiger partial charge in [0, 0.05) is 25.2 Å². The third kappa shape index (κ3) is 6.07. The molecule has 0 aliphatic carbocycles. The summed E-state index contributed by atoms with van der Waals surface area (Å²) in [4.78, 5) is 23.6. The van der Waals surface area contributed by atoms with Crippen LogP contribution in [-0.2, 0) is 9.53 Å². The van der Waals surface area contributed by atoms with Crippen LogP contribution in [0.1, 0.15) is 29.6 Å². The fourth-order valence-electron chi connectivity index (χ4n) is 2.39. The number of carbonyl (C=O) groups is 2. The minimum Gasteiger partial charge on any atom is -0.364 e. The molecule has 8 heteroatoms. The molecule has 2 atom stereocenters. The summed E-state index contributed by atoms with van der Waals surface area (Å²) in [5.74, 6) is -0.776. The molecule has 24 heavy (non-hydrogen) atoms. The number of hydrogen-bond acceptors (Lipinski definition) is 4. The molecule has 1 aromatic carbocycles. The van der Waals surface area contributed by atoms with Crippen LogP contribution in [0.25, 0.3) is 0 Å². The highest BCUT2D eigenvalue weighted by Gasteiger charge is 2.29. The Morgan fingerprint density at radius 1 is 1.17 bits per heavy atom. The zero-order chi connectivity index (χ0) is 16.7. The van der Waals surface area contributed by atoms with Gasteiger partial charge in [-0.2, -0.15) is 0 Å². The molecule has 2 rings (SSSR count). The topological polar surface area (TPSA) is 93.5 Å². The Morgan fingerprint density at radius 3 is 2.46 bits per heavy atom. The van der Waals surface area contributed by atoms with Crippen LogP contribution in [0.4, 0.5) is 4.39 Å². The lowest BCUT2D eigenvalue weighted by molar-refractivity contribution is -0.131. The van der Waals surface area contributed by atoms with E-state index in [2.05, 4.69) is 10.6 Å². The van der Waals surface area contributed by atoms with Crippen molar-refractivity contribution in [3.8, 4) is 0 Å². The number of carbonyl (C=O) groups excluding carboxylic acids is 2. The minimum absolute atomic E-state index is 0. The van der Waals surface area contributed by atoms with Gasteiger partial charge < -0.3 is 21.1 Å². The van der Waals surface area contributed by atoms with Gasteiger partial charge in [-0.25, -0.2) is 4.39 Å². The lowest BCUT2D eigenvalue weighted by Crippen LogP contribution is -2.37. The van der Waals surface area contributed by atoms with E-state index in [4.69, 9.17) is 10.5 Å². The van der Waals surface area contributed by atoms with Crippen LogP contribution < -0.4 is 16.4 Å². The van der Waals surface area contributed by atoms with Crippen LogP contribution in [0.5, 0.6) is 0 Å². The molecule has 1 aliphatic heterocycles. The van der Waals surface area contributed by atoms with Gasteiger partial charge in [-0.3, -0.25) is 9.59 Å². The largest absolute Gasteiger partial charge is 0.364 e. The van der Waals surface area contributed by atoms with E-state index in [0.29, 0.717) is 38.0 Å². The van der Waals surface area contributed by atoms with E-state index in [0.717, 1.165) is 6.42 Å². The predicted octanol–water partition coefficient (Wildman–Crippen LogP) is 0.990. The van der Waals surface area contributed by atoms with Crippen molar-refractivity contribution in [3.05, 3.63) is 35.6 Å². The zero-order valence-corrected chi connectivity index (χ0v) is 14.1. The standard InChI is InChI=1S/C16H22FN3O3.ClH/c17-12-4-2-11(3-5-12)15(21)19-8-1-9-20-16(22)14-7-6-13(10-18)23-14;/h2-5,13-14H,1,6-10,18H2,(H,19,21)(H,20,22);1H/t13-,14+;/m1./s1. The molecule has 0 bridgehead atoms. The number of nitrogens with two attached hydrogens (primary N) is 1. The molecule has 1 fully saturated rings. The van der Waals surface area contributed by atoms with Crippen molar-refractivity contribution in [2.24, 2.45) is 5.73 Å². The van der Waals surface area contributed by atoms with Crippen molar-refractivity contribution in [3.63, 3.8) is 0 Å². The van der Waals surface area contributed by atoms with E-state index >= 15 is 0 Å². The molecule has 2 amide bonds. The van der Waals surface area contributed by atoms with Gasteiger partial charge in [0.15, 0.2) is 0 Å². The van der Waals surface area contributed by atoms with Crippen molar-refractivity contribution in [1.82, 2.24) is 10.6 Å². The number of amides is 2. The molecular formula is C16H23ClFN3O3. The Bertz CT molecular complexity index is 542. The van der Waals surface area contributed by atoms with Gasteiger partial charge >= 0.3 is 0 Å². The van der Waals surface area contributed by atoms with Crippen molar-refractivity contribution < 1.29 is 18.7 Å². The molecule has 0 aromatic heterocycles. The Kier molecular flexibility index (Phi) is 8.67. The van der Waals surface area contributed by atoms with Gasteiger partial charge in [-0.15, -0.1) is 12.4 Å². The maximum Gasteiger partial charge on any atom is 0.251 e. The summed E-state index contributed by atoms with van der Waals surface area (Å²) in [5.41, 5.74) is 5.91. The molecule has 6 nitrogen and oxygen atoms in total. The zero-order valence-electron chi connectivity index (χ0n) is 13.3. The highest BCUT2D eigenvalue weighted by molar-refractivity contribution is 5.94. The quantitative estimate of drug-likeness (QED) is 0.633. The molecule has 1 heterocycles. The number of nitrogens with one attached hydrogen (secondary N) is 2. The molecule has 4 N–H and O–H groups in total. The Hall–Kier alpha value is -1.70. The lowest BCUT2D eigenvalue weighted by atomic mass is 10.2. The number of ether oxygens (including phenoxy) is 1. The first kappa shape index (κ1) is 20.3. The minimum atomic E-state index is -0.419. The first-order chi connectivity index (χ1) is 11.1. The number of rotatable bonds is 7. The van der Waals surface area contributed by atoms with Crippen LogP contribution in [0.2, 0.25) is 0 Å². The molecule has 0 unspecified atom stereocenters. The molecular weight excluding hydrogens is 337 g/mol. The van der Waals surface area contributed by atoms with Crippen molar-refractivity contribution in [1.29, 1.82) is 0 Å². The van der Waals surface area contributed by atoms with Crippen molar-refractivity contribution >= 4 is 24.2 Å². The van der Waals surface area contributed by atoms with Gasteiger partial charge in [-0.1, -0.05) is 0 Å². The molecule has 1 aliphatic rings. The second kappa shape index (κ2) is 10.2. The molecule has 0 radical (unpaired) electrons. The maximum atomic E-state index is 12.8. The van der Waals surface area contributed by atoms with E-state index in [9.17, 15) is 14.0 Å². The Labute approximate surface area is 146 Å². The Balaban J connectivity index is 0.00000288. The number of benzene rings is 1. The van der Waals surface area contributed by atoms with E-state index in [1.54, 1.807) is 0 Å². The summed E-state index contributed by atoms with van der Waals surface area (Å²) >= 11 is 0. The summed E-state index contributed by atoms with van der Waals surface area (Å²) in [6.45, 7) is 1.31. The van der Waals surface area contributed by atoms with Gasteiger partial charge in [0.1, 0.15) is 11.9 Å². The predicted molar refractivity (Wildman–Crippen MR) is 90.6 cm³/mol. The molecule has 1 aromatic rings. The molecule has 1 saturated heterocycles. The highest BCUT2D eigenvalue weighted by Crippen LogP contribution is 2.18. The summed E-state index contributed by atoms with van der Waals surface area (Å²) in [6.07, 6.45) is 1.65. The summed E-state index contributed by atoms with van der Waals surface area (Å²) in [6, 6.07) is 5.34. The maximum absolute atomic E-state index is 12.8. The van der Waals surface area contributed by atoms with Crippen LogP contribution in [-0.4, -0.2) is 43.7 Å². The van der Waals surface area contributed by atoms with Gasteiger partial charge in [-0.05, 0) is 43.5 Å². The SMILES string of the molecule is Cl.NC[C@H]1CC[C@@H](C(=O)NCCCNC(=O)c2ccc(F)cc2)O1. The van der Waals surface area contributed by atoms with Gasteiger partial charge in [0.25, 0.3) is 5.91 Å². The molecule has 134 valence electrons. The van der Waals surface area contributed by atoms with E-state index in [-0.39, 0.29) is 36.1 Å². The van der Waals surface area contributed by atoms with Crippen LogP contribution in [0, 0.1) is 5.82 Å². The number of hydrogen-bond donors (Lipinski definition) is 3. The summed E-state index contributed by atoms with van der Waals surface area (Å²) in [7, 11) is 0. The normalized spacial score (nSPS) is 19.4. The first-order valence-electron chi connectivity index (χ1n) is 7.77. The second-order valence-corrected chi connectivity index (χ2v) is 5.47. The average molecular weight is 360 g/mol. The lowest BCUT2D eigenvalue weighted by Gasteiger charge is -2.12. The monoisotopic (exact) mass is 359 g/mol. The Morgan fingerprint density at radius 2 is 1.83 bits per heavy atom. The third-order valence-electron chi connectivity index (χ3n) is 3.71. The summed E-state index contributed by atoms with van der Waals surface area (Å²) < 4.78 is 18.3. The van der Waals surface area contributed by atoms with Crippen molar-refractivity contribution in [2.45, 2.75) is 31.5 Å². The summed E-state index contributed by atoms with van der Waals surface area (Å²) in [5, 5.41) is 5.50. The average Bonchev–Trinajstić information content (AvgIpc) is 3.04. The fraction of sp³-hybridized carbons (Fsp3) is 0.500. The molecule has 0 spiro atoms. The van der Waals surface area contributed by atoms with Gasteiger partial charge in [0.2, 0.25) is 5.91 Å². The van der Waals surface area contributed by atoms with E-state index in [1.165, 1.54) is 24.3 Å². The number of halogens is 2.